The van der Waals surface area contributed by atoms with Crippen LogP contribution in [0.3, 0.4) is 0 Å². The molecule has 0 atom stereocenters. The molecule has 0 saturated carbocycles. The lowest BCUT2D eigenvalue weighted by molar-refractivity contribution is -0.118. The Morgan fingerprint density at radius 1 is 1.00 bits per heavy atom. The van der Waals surface area contributed by atoms with Crippen LogP contribution in [0.15, 0.2) is 54.6 Å². The molecule has 174 valence electrons. The summed E-state index contributed by atoms with van der Waals surface area (Å²) in [6.45, 7) is 4.31. The fourth-order valence-electron chi connectivity index (χ4n) is 2.97. The molecular formula is C25H25Cl2FN2O3. The van der Waals surface area contributed by atoms with Crippen LogP contribution in [0.25, 0.3) is 0 Å². The van der Waals surface area contributed by atoms with E-state index in [0.29, 0.717) is 28.6 Å². The Morgan fingerprint density at radius 2 is 1.70 bits per heavy atom. The molecule has 3 aromatic carbocycles. The average molecular weight is 491 g/mol. The van der Waals surface area contributed by atoms with Gasteiger partial charge in [0.25, 0.3) is 0 Å². The number of halogens is 3. The first kappa shape index (κ1) is 24.7. The van der Waals surface area contributed by atoms with E-state index in [1.54, 1.807) is 12.1 Å². The maximum Gasteiger partial charge on any atom is 0.226 e. The summed E-state index contributed by atoms with van der Waals surface area (Å²) in [5.74, 6) is 0.340. The van der Waals surface area contributed by atoms with E-state index in [4.69, 9.17) is 32.7 Å². The quantitative estimate of drug-likeness (QED) is 0.341. The second-order valence-corrected chi connectivity index (χ2v) is 8.52. The number of hydrogen-bond acceptors (Lipinski definition) is 4. The number of hydrogen-bond donors (Lipinski definition) is 2. The van der Waals surface area contributed by atoms with Crippen molar-refractivity contribution in [3.63, 3.8) is 0 Å². The van der Waals surface area contributed by atoms with Crippen LogP contribution in [-0.4, -0.2) is 13.0 Å². The van der Waals surface area contributed by atoms with Crippen LogP contribution in [0, 0.1) is 11.7 Å². The van der Waals surface area contributed by atoms with Gasteiger partial charge in [0.2, 0.25) is 5.91 Å². The van der Waals surface area contributed by atoms with Gasteiger partial charge in [-0.1, -0.05) is 43.1 Å². The fraction of sp³-hybridized carbons (Fsp3) is 0.240. The third kappa shape index (κ3) is 6.76. The number of ether oxygens (including phenoxy) is 2. The molecule has 0 fully saturated rings. The molecular weight excluding hydrogens is 466 g/mol. The van der Waals surface area contributed by atoms with Crippen LogP contribution in [0.4, 0.5) is 15.8 Å². The van der Waals surface area contributed by atoms with Gasteiger partial charge >= 0.3 is 0 Å². The van der Waals surface area contributed by atoms with Crippen molar-refractivity contribution in [3.05, 3.63) is 81.6 Å². The molecule has 0 aliphatic heterocycles. The van der Waals surface area contributed by atoms with Gasteiger partial charge in [0.1, 0.15) is 12.4 Å². The van der Waals surface area contributed by atoms with Gasteiger partial charge in [-0.25, -0.2) is 4.39 Å². The van der Waals surface area contributed by atoms with E-state index in [9.17, 15) is 9.18 Å². The second kappa shape index (κ2) is 11.3. The highest BCUT2D eigenvalue weighted by atomic mass is 35.5. The number of methoxy groups -OCH3 is 1. The summed E-state index contributed by atoms with van der Waals surface area (Å²) >= 11 is 12.5. The van der Waals surface area contributed by atoms with Crippen molar-refractivity contribution in [1.29, 1.82) is 0 Å². The van der Waals surface area contributed by atoms with E-state index in [1.165, 1.54) is 19.2 Å². The molecule has 0 unspecified atom stereocenters. The standard InChI is InChI=1S/C25H25Cl2FN2O3/c1-15(2)25(31)30-20-8-6-19(7-9-20)29-13-16-10-22(27)24(23(11-16)32-3)33-14-17-4-5-18(28)12-21(17)26/h4-12,15,29H,13-14H2,1-3H3,(H,30,31). The van der Waals surface area contributed by atoms with Gasteiger partial charge in [-0.15, -0.1) is 0 Å². The first-order valence-electron chi connectivity index (χ1n) is 10.3. The normalized spacial score (nSPS) is 10.8. The van der Waals surface area contributed by atoms with Crippen LogP contribution in [0.2, 0.25) is 10.0 Å². The zero-order valence-electron chi connectivity index (χ0n) is 18.5. The lowest BCUT2D eigenvalue weighted by atomic mass is 10.1. The van der Waals surface area contributed by atoms with Crippen molar-refractivity contribution in [2.75, 3.05) is 17.7 Å². The van der Waals surface area contributed by atoms with E-state index >= 15 is 0 Å². The Balaban J connectivity index is 1.65. The number of carbonyl (C=O) groups excluding carboxylic acids is 1. The summed E-state index contributed by atoms with van der Waals surface area (Å²) in [5.41, 5.74) is 3.15. The Bertz CT molecular complexity index is 1120. The van der Waals surface area contributed by atoms with Gasteiger partial charge in [-0.2, -0.15) is 0 Å². The van der Waals surface area contributed by atoms with Gasteiger partial charge in [-0.3, -0.25) is 4.79 Å². The average Bonchev–Trinajstić information content (AvgIpc) is 2.78. The largest absolute Gasteiger partial charge is 0.493 e. The van der Waals surface area contributed by atoms with Crippen LogP contribution < -0.4 is 20.1 Å². The Labute approximate surface area is 202 Å². The molecule has 0 radical (unpaired) electrons. The molecule has 0 aliphatic rings. The number of rotatable bonds is 9. The number of anilines is 2. The van der Waals surface area contributed by atoms with Gasteiger partial charge < -0.3 is 20.1 Å². The van der Waals surface area contributed by atoms with Crippen LogP contribution >= 0.6 is 23.2 Å². The van der Waals surface area contributed by atoms with Crippen molar-refractivity contribution in [2.24, 2.45) is 5.92 Å². The zero-order valence-corrected chi connectivity index (χ0v) is 20.1. The lowest BCUT2D eigenvalue weighted by Crippen LogP contribution is -2.17. The van der Waals surface area contributed by atoms with E-state index in [-0.39, 0.29) is 23.5 Å². The van der Waals surface area contributed by atoms with Crippen molar-refractivity contribution in [2.45, 2.75) is 27.0 Å². The Kier molecular flexibility index (Phi) is 8.42. The zero-order chi connectivity index (χ0) is 24.0. The van der Waals surface area contributed by atoms with Gasteiger partial charge in [0.15, 0.2) is 11.5 Å². The molecule has 0 bridgehead atoms. The number of benzene rings is 3. The van der Waals surface area contributed by atoms with E-state index < -0.39 is 5.82 Å². The molecule has 0 spiro atoms. The van der Waals surface area contributed by atoms with Gasteiger partial charge in [0, 0.05) is 29.4 Å². The molecule has 3 aromatic rings. The summed E-state index contributed by atoms with van der Waals surface area (Å²) in [4.78, 5) is 11.8. The topological polar surface area (TPSA) is 59.6 Å². The summed E-state index contributed by atoms with van der Waals surface area (Å²) < 4.78 is 24.5. The lowest BCUT2D eigenvalue weighted by Gasteiger charge is -2.15. The minimum atomic E-state index is -0.411. The van der Waals surface area contributed by atoms with Crippen LogP contribution in [0.1, 0.15) is 25.0 Å². The summed E-state index contributed by atoms with van der Waals surface area (Å²) in [7, 11) is 1.53. The minimum Gasteiger partial charge on any atom is -0.493 e. The van der Waals surface area contributed by atoms with Crippen LogP contribution in [-0.2, 0) is 17.9 Å². The molecule has 3 rings (SSSR count). The monoisotopic (exact) mass is 490 g/mol. The number of nitrogens with one attached hydrogen (secondary N) is 2. The molecule has 0 heterocycles. The molecule has 0 saturated heterocycles. The van der Waals surface area contributed by atoms with Crippen molar-refractivity contribution >= 4 is 40.5 Å². The summed E-state index contributed by atoms with van der Waals surface area (Å²) in [6.07, 6.45) is 0. The predicted molar refractivity (Wildman–Crippen MR) is 131 cm³/mol. The van der Waals surface area contributed by atoms with Crippen LogP contribution in [0.5, 0.6) is 11.5 Å². The molecule has 5 nitrogen and oxygen atoms in total. The number of amides is 1. The van der Waals surface area contributed by atoms with E-state index in [2.05, 4.69) is 10.6 Å². The molecule has 8 heteroatoms. The maximum atomic E-state index is 13.2. The maximum absolute atomic E-state index is 13.2. The third-order valence-electron chi connectivity index (χ3n) is 4.85. The molecule has 0 aromatic heterocycles. The molecule has 2 N–H and O–H groups in total. The first-order chi connectivity index (χ1) is 15.8. The highest BCUT2D eigenvalue weighted by Gasteiger charge is 2.14. The summed E-state index contributed by atoms with van der Waals surface area (Å²) in [6, 6.07) is 15.2. The Hall–Kier alpha value is -2.96. The van der Waals surface area contributed by atoms with Gasteiger partial charge in [0.05, 0.1) is 17.2 Å². The highest BCUT2D eigenvalue weighted by molar-refractivity contribution is 6.32. The molecule has 0 aliphatic carbocycles. The minimum absolute atomic E-state index is 0.0264. The van der Waals surface area contributed by atoms with Crippen molar-refractivity contribution in [1.82, 2.24) is 0 Å². The van der Waals surface area contributed by atoms with Gasteiger partial charge in [-0.05, 0) is 54.1 Å². The second-order valence-electron chi connectivity index (χ2n) is 7.71. The Morgan fingerprint density at radius 3 is 2.33 bits per heavy atom. The smallest absolute Gasteiger partial charge is 0.226 e. The van der Waals surface area contributed by atoms with Crippen molar-refractivity contribution < 1.29 is 18.7 Å². The summed E-state index contributed by atoms with van der Waals surface area (Å²) in [5, 5.41) is 6.84. The first-order valence-corrected chi connectivity index (χ1v) is 11.1. The number of carbonyl (C=O) groups is 1. The SMILES string of the molecule is COc1cc(CNc2ccc(NC(=O)C(C)C)cc2)cc(Cl)c1OCc1ccc(F)cc1Cl. The van der Waals surface area contributed by atoms with E-state index in [0.717, 1.165) is 16.9 Å². The fourth-order valence-corrected chi connectivity index (χ4v) is 3.48. The molecule has 1 amide bonds. The van der Waals surface area contributed by atoms with Crippen molar-refractivity contribution in [3.8, 4) is 11.5 Å². The predicted octanol–water partition coefficient (Wildman–Crippen LogP) is 6.93. The van der Waals surface area contributed by atoms with E-state index in [1.807, 2.05) is 44.2 Å². The highest BCUT2D eigenvalue weighted by Crippen LogP contribution is 2.37. The molecule has 33 heavy (non-hydrogen) atoms. The third-order valence-corrected chi connectivity index (χ3v) is 5.48.